The van der Waals surface area contributed by atoms with Crippen LogP contribution in [0.25, 0.3) is 11.4 Å². The van der Waals surface area contributed by atoms with Gasteiger partial charge in [0.1, 0.15) is 7.85 Å². The number of nitrogens with one attached hydrogen (secondary N) is 1. The van der Waals surface area contributed by atoms with Crippen LogP contribution in [0.5, 0.6) is 0 Å². The van der Waals surface area contributed by atoms with Crippen molar-refractivity contribution in [1.29, 1.82) is 0 Å². The van der Waals surface area contributed by atoms with Crippen LogP contribution in [0.1, 0.15) is 21.5 Å². The van der Waals surface area contributed by atoms with Crippen LogP contribution in [-0.2, 0) is 0 Å². The molecule has 3 aromatic rings. The Hall–Kier alpha value is -4.04. The monoisotopic (exact) mass is 396 g/mol. The van der Waals surface area contributed by atoms with Gasteiger partial charge in [0.25, 0.3) is 5.91 Å². The van der Waals surface area contributed by atoms with Gasteiger partial charge in [-0.25, -0.2) is 5.84 Å². The number of anilines is 2. The largest absolute Gasteiger partial charge is 0.399 e. The number of carbonyl (C=O) groups excluding carboxylic acids is 1. The molecule has 3 rings (SSSR count). The lowest BCUT2D eigenvalue weighted by Crippen LogP contribution is -2.31. The van der Waals surface area contributed by atoms with Gasteiger partial charge in [0.15, 0.2) is 0 Å². The molecule has 0 unspecified atom stereocenters. The van der Waals surface area contributed by atoms with Gasteiger partial charge in [-0.2, -0.15) is 0 Å². The fourth-order valence-corrected chi connectivity index (χ4v) is 2.74. The summed E-state index contributed by atoms with van der Waals surface area (Å²) in [7, 11) is 6.05. The second kappa shape index (κ2) is 8.98. The van der Waals surface area contributed by atoms with E-state index in [1.807, 2.05) is 12.1 Å². The van der Waals surface area contributed by atoms with E-state index in [0.717, 1.165) is 5.56 Å². The van der Waals surface area contributed by atoms with Gasteiger partial charge in [0, 0.05) is 41.1 Å². The molecule has 0 saturated heterocycles. The van der Waals surface area contributed by atoms with Crippen LogP contribution < -0.4 is 33.1 Å². The number of amides is 1. The zero-order valence-corrected chi connectivity index (χ0v) is 16.2. The first-order chi connectivity index (χ1) is 14.3. The van der Waals surface area contributed by atoms with Crippen molar-refractivity contribution in [1.82, 2.24) is 4.98 Å². The maximum Gasteiger partial charge on any atom is 0.255 e. The van der Waals surface area contributed by atoms with Crippen molar-refractivity contribution in [3.63, 3.8) is 0 Å². The van der Waals surface area contributed by atoms with Gasteiger partial charge in [-0.05, 0) is 42.0 Å². The van der Waals surface area contributed by atoms with Gasteiger partial charge in [0.2, 0.25) is 0 Å². The molecule has 148 valence electrons. The molecule has 1 heterocycles. The number of hydrogen-bond acceptors (Lipinski definition) is 6. The number of rotatable bonds is 6. The quantitative estimate of drug-likeness (QED) is 0.286. The molecular weight excluding hydrogens is 375 g/mol. The fraction of sp³-hybridized carbons (Fsp3) is 0. The highest BCUT2D eigenvalue weighted by Crippen LogP contribution is 2.18. The predicted molar refractivity (Wildman–Crippen MR) is 123 cm³/mol. The van der Waals surface area contributed by atoms with Gasteiger partial charge in [-0.3, -0.25) is 14.8 Å². The second-order valence-corrected chi connectivity index (χ2v) is 6.57. The van der Waals surface area contributed by atoms with Crippen molar-refractivity contribution in [2.24, 2.45) is 17.3 Å². The Morgan fingerprint density at radius 2 is 1.83 bits per heavy atom. The highest BCUT2D eigenvalue weighted by molar-refractivity contribution is 6.36. The molecule has 0 bridgehead atoms. The van der Waals surface area contributed by atoms with Crippen molar-refractivity contribution in [2.45, 2.75) is 0 Å². The average molecular weight is 396 g/mol. The van der Waals surface area contributed by atoms with Gasteiger partial charge in [-0.1, -0.05) is 30.2 Å². The predicted octanol–water partition coefficient (Wildman–Crippen LogP) is 1.69. The standard InChI is InChI=1S/C22H21BN6O/c1-14(24)15-4-2-6-18(10-15)28-22(30)16-7-8-19(23)21(11-16)29(26)13-20(25)17-5-3-9-27-12-17/h2-13H,1,24-26H2,(H,28,30)/b20-13-. The van der Waals surface area contributed by atoms with Crippen LogP contribution in [0.3, 0.4) is 0 Å². The molecule has 0 aliphatic carbocycles. The summed E-state index contributed by atoms with van der Waals surface area (Å²) in [6.45, 7) is 3.70. The molecule has 0 aliphatic rings. The Bertz CT molecular complexity index is 1110. The molecule has 1 amide bonds. The number of hydrazine groups is 1. The minimum absolute atomic E-state index is 0.325. The van der Waals surface area contributed by atoms with Gasteiger partial charge < -0.3 is 16.8 Å². The number of hydrogen-bond donors (Lipinski definition) is 4. The Balaban J connectivity index is 1.83. The Kier molecular flexibility index (Phi) is 6.19. The molecule has 0 saturated carbocycles. The lowest BCUT2D eigenvalue weighted by Gasteiger charge is -2.19. The summed E-state index contributed by atoms with van der Waals surface area (Å²) >= 11 is 0. The van der Waals surface area contributed by atoms with Crippen molar-refractivity contribution < 1.29 is 4.79 Å². The van der Waals surface area contributed by atoms with Crippen molar-refractivity contribution in [3.8, 4) is 0 Å². The summed E-state index contributed by atoms with van der Waals surface area (Å²) in [5.41, 5.74) is 15.8. The van der Waals surface area contributed by atoms with E-state index in [9.17, 15) is 4.79 Å². The minimum Gasteiger partial charge on any atom is -0.399 e. The van der Waals surface area contributed by atoms with E-state index in [1.54, 1.807) is 54.9 Å². The molecule has 0 aliphatic heterocycles. The molecular formula is C22H21BN6O. The third-order valence-electron chi connectivity index (χ3n) is 4.34. The number of nitrogens with two attached hydrogens (primary N) is 3. The number of pyridine rings is 1. The number of aromatic nitrogens is 1. The smallest absolute Gasteiger partial charge is 0.255 e. The maximum absolute atomic E-state index is 12.7. The van der Waals surface area contributed by atoms with Gasteiger partial charge >= 0.3 is 0 Å². The zero-order valence-electron chi connectivity index (χ0n) is 16.2. The molecule has 0 atom stereocenters. The second-order valence-electron chi connectivity index (χ2n) is 6.57. The normalized spacial score (nSPS) is 11.0. The molecule has 0 fully saturated rings. The summed E-state index contributed by atoms with van der Waals surface area (Å²) in [6.07, 6.45) is 4.79. The zero-order chi connectivity index (χ0) is 21.7. The van der Waals surface area contributed by atoms with E-state index >= 15 is 0 Å². The van der Waals surface area contributed by atoms with Crippen LogP contribution in [0, 0.1) is 0 Å². The van der Waals surface area contributed by atoms with E-state index in [0.29, 0.717) is 39.4 Å². The molecule has 0 spiro atoms. The lowest BCUT2D eigenvalue weighted by atomic mass is 9.92. The first-order valence-corrected chi connectivity index (χ1v) is 9.02. The van der Waals surface area contributed by atoms with Crippen LogP contribution in [0.2, 0.25) is 0 Å². The van der Waals surface area contributed by atoms with Gasteiger partial charge in [-0.15, -0.1) is 0 Å². The summed E-state index contributed by atoms with van der Waals surface area (Å²) in [4.78, 5) is 16.7. The summed E-state index contributed by atoms with van der Waals surface area (Å²) < 4.78 is 0. The number of nitrogens with zero attached hydrogens (tertiary/aromatic N) is 2. The molecule has 7 nitrogen and oxygen atoms in total. The van der Waals surface area contributed by atoms with E-state index < -0.39 is 0 Å². The lowest BCUT2D eigenvalue weighted by molar-refractivity contribution is 0.102. The Labute approximate surface area is 176 Å². The molecule has 1 aromatic heterocycles. The highest BCUT2D eigenvalue weighted by atomic mass is 16.1. The Morgan fingerprint density at radius 1 is 1.07 bits per heavy atom. The van der Waals surface area contributed by atoms with Crippen molar-refractivity contribution in [2.75, 3.05) is 10.3 Å². The first-order valence-electron chi connectivity index (χ1n) is 9.02. The van der Waals surface area contributed by atoms with E-state index in [1.165, 1.54) is 11.2 Å². The highest BCUT2D eigenvalue weighted by Gasteiger charge is 2.12. The first kappa shape index (κ1) is 20.7. The van der Waals surface area contributed by atoms with Crippen LogP contribution in [-0.4, -0.2) is 18.7 Å². The molecule has 7 N–H and O–H groups in total. The SMILES string of the molecule is [B]c1ccc(C(=O)Nc2cccc(C(=C)N)c2)cc1N(N)/C=C(\N)c1cccnc1. The summed E-state index contributed by atoms with van der Waals surface area (Å²) in [5, 5.41) is 4.09. The average Bonchev–Trinajstić information content (AvgIpc) is 2.74. The van der Waals surface area contributed by atoms with E-state index in [4.69, 9.17) is 25.2 Å². The number of carbonyl (C=O) groups is 1. The molecule has 8 heteroatoms. The van der Waals surface area contributed by atoms with Crippen LogP contribution >= 0.6 is 0 Å². The van der Waals surface area contributed by atoms with E-state index in [-0.39, 0.29) is 5.91 Å². The topological polar surface area (TPSA) is 123 Å². The number of benzene rings is 2. The van der Waals surface area contributed by atoms with Crippen molar-refractivity contribution in [3.05, 3.63) is 96.5 Å². The third kappa shape index (κ3) is 4.87. The molecule has 2 radical (unpaired) electrons. The van der Waals surface area contributed by atoms with Crippen molar-refractivity contribution >= 4 is 42.0 Å². The van der Waals surface area contributed by atoms with Crippen LogP contribution in [0.15, 0.2) is 79.8 Å². The van der Waals surface area contributed by atoms with Crippen LogP contribution in [0.4, 0.5) is 11.4 Å². The van der Waals surface area contributed by atoms with Gasteiger partial charge in [0.05, 0.1) is 11.4 Å². The summed E-state index contributed by atoms with van der Waals surface area (Å²) in [5.74, 6) is 5.80. The van der Waals surface area contributed by atoms with E-state index in [2.05, 4.69) is 16.9 Å². The molecule has 30 heavy (non-hydrogen) atoms. The third-order valence-corrected chi connectivity index (χ3v) is 4.34. The fourth-order valence-electron chi connectivity index (χ4n) is 2.74. The minimum atomic E-state index is -0.325. The molecule has 2 aromatic carbocycles. The Morgan fingerprint density at radius 3 is 2.53 bits per heavy atom. The maximum atomic E-state index is 12.7. The summed E-state index contributed by atoms with van der Waals surface area (Å²) in [6, 6.07) is 15.5.